The van der Waals surface area contributed by atoms with E-state index in [0.717, 1.165) is 0 Å². The Hall–Kier alpha value is -1.34. The molecule has 3 rings (SSSR count). The number of nitrogens with one attached hydrogen (secondary N) is 1. The van der Waals surface area contributed by atoms with Gasteiger partial charge in [0.15, 0.2) is 0 Å². The molecule has 1 heteroatoms. The first kappa shape index (κ1) is 10.8. The summed E-state index contributed by atoms with van der Waals surface area (Å²) in [7, 11) is 0. The Balaban J connectivity index is 1.80. The van der Waals surface area contributed by atoms with Gasteiger partial charge in [-0.3, -0.25) is 0 Å². The molecule has 1 N–H and O–H groups in total. The second kappa shape index (κ2) is 4.89. The molecule has 1 fully saturated rings. The van der Waals surface area contributed by atoms with Crippen LogP contribution in [0, 0.1) is 0 Å². The maximum atomic E-state index is 3.62. The Bertz CT molecular complexity index is 498. The van der Waals surface area contributed by atoms with E-state index in [1.165, 1.54) is 48.6 Å². The molecule has 88 valence electrons. The number of rotatable bonds is 2. The summed E-state index contributed by atoms with van der Waals surface area (Å²) < 4.78 is 0. The van der Waals surface area contributed by atoms with Crippen LogP contribution in [-0.4, -0.2) is 12.6 Å². The summed E-state index contributed by atoms with van der Waals surface area (Å²) in [4.78, 5) is 0. The monoisotopic (exact) mass is 225 g/mol. The molecular weight excluding hydrogens is 206 g/mol. The number of fused-ring (bicyclic) bond motifs is 1. The first-order chi connectivity index (χ1) is 8.42. The SMILES string of the molecule is c1ccc2cc(C[C@@H]3CCCCN3)ccc2c1. The molecule has 0 amide bonds. The molecule has 2 aromatic rings. The molecule has 1 aliphatic heterocycles. The molecule has 0 saturated carbocycles. The Morgan fingerprint density at radius 2 is 1.88 bits per heavy atom. The van der Waals surface area contributed by atoms with Gasteiger partial charge in [0, 0.05) is 6.04 Å². The summed E-state index contributed by atoms with van der Waals surface area (Å²) in [5.41, 5.74) is 1.46. The van der Waals surface area contributed by atoms with Crippen LogP contribution in [0.2, 0.25) is 0 Å². The minimum atomic E-state index is 0.685. The highest BCUT2D eigenvalue weighted by Gasteiger charge is 2.12. The van der Waals surface area contributed by atoms with Crippen molar-refractivity contribution in [1.29, 1.82) is 0 Å². The van der Waals surface area contributed by atoms with Gasteiger partial charge in [0.1, 0.15) is 0 Å². The van der Waals surface area contributed by atoms with Crippen LogP contribution in [0.5, 0.6) is 0 Å². The van der Waals surface area contributed by atoms with Crippen LogP contribution in [0.25, 0.3) is 10.8 Å². The molecule has 0 unspecified atom stereocenters. The fourth-order valence-electron chi connectivity index (χ4n) is 2.75. The van der Waals surface area contributed by atoms with Crippen LogP contribution in [0.4, 0.5) is 0 Å². The van der Waals surface area contributed by atoms with Crippen LogP contribution in [-0.2, 0) is 6.42 Å². The van der Waals surface area contributed by atoms with Crippen molar-refractivity contribution in [2.75, 3.05) is 6.54 Å². The lowest BCUT2D eigenvalue weighted by atomic mass is 9.96. The summed E-state index contributed by atoms with van der Waals surface area (Å²) in [6.07, 6.45) is 5.22. The molecule has 0 bridgehead atoms. The highest BCUT2D eigenvalue weighted by atomic mass is 14.9. The lowest BCUT2D eigenvalue weighted by molar-refractivity contribution is 0.399. The van der Waals surface area contributed by atoms with Gasteiger partial charge in [-0.25, -0.2) is 0 Å². The van der Waals surface area contributed by atoms with Crippen molar-refractivity contribution < 1.29 is 0 Å². The summed E-state index contributed by atoms with van der Waals surface area (Å²) in [5.74, 6) is 0. The van der Waals surface area contributed by atoms with Crippen molar-refractivity contribution >= 4 is 10.8 Å². The van der Waals surface area contributed by atoms with Crippen molar-refractivity contribution in [3.63, 3.8) is 0 Å². The predicted molar refractivity (Wildman–Crippen MR) is 73.3 cm³/mol. The normalized spacial score (nSPS) is 20.6. The minimum Gasteiger partial charge on any atom is -0.314 e. The quantitative estimate of drug-likeness (QED) is 0.824. The van der Waals surface area contributed by atoms with Crippen molar-refractivity contribution in [2.24, 2.45) is 0 Å². The van der Waals surface area contributed by atoms with Crippen molar-refractivity contribution in [3.05, 3.63) is 48.0 Å². The second-order valence-electron chi connectivity index (χ2n) is 5.03. The topological polar surface area (TPSA) is 12.0 Å². The Kier molecular flexibility index (Phi) is 3.10. The van der Waals surface area contributed by atoms with Gasteiger partial charge in [0.2, 0.25) is 0 Å². The van der Waals surface area contributed by atoms with E-state index < -0.39 is 0 Å². The average molecular weight is 225 g/mol. The van der Waals surface area contributed by atoms with Gasteiger partial charge in [0.25, 0.3) is 0 Å². The third-order valence-electron chi connectivity index (χ3n) is 3.71. The smallest absolute Gasteiger partial charge is 0.0107 e. The molecule has 0 aliphatic carbocycles. The first-order valence-corrected chi connectivity index (χ1v) is 6.63. The fourth-order valence-corrected chi connectivity index (χ4v) is 2.75. The van der Waals surface area contributed by atoms with Crippen LogP contribution < -0.4 is 5.32 Å². The van der Waals surface area contributed by atoms with E-state index in [1.807, 2.05) is 0 Å². The van der Waals surface area contributed by atoms with Gasteiger partial charge in [-0.2, -0.15) is 0 Å². The van der Waals surface area contributed by atoms with E-state index in [1.54, 1.807) is 0 Å². The van der Waals surface area contributed by atoms with E-state index in [2.05, 4.69) is 47.8 Å². The predicted octanol–water partition coefficient (Wildman–Crippen LogP) is 3.52. The molecule has 0 aromatic heterocycles. The lowest BCUT2D eigenvalue weighted by Gasteiger charge is -2.23. The second-order valence-corrected chi connectivity index (χ2v) is 5.03. The first-order valence-electron chi connectivity index (χ1n) is 6.63. The third-order valence-corrected chi connectivity index (χ3v) is 3.71. The zero-order valence-corrected chi connectivity index (χ0v) is 10.2. The zero-order chi connectivity index (χ0) is 11.5. The average Bonchev–Trinajstić information content (AvgIpc) is 2.40. The minimum absolute atomic E-state index is 0.685. The molecule has 1 aliphatic rings. The van der Waals surface area contributed by atoms with E-state index in [0.29, 0.717) is 6.04 Å². The van der Waals surface area contributed by atoms with E-state index >= 15 is 0 Å². The maximum absolute atomic E-state index is 3.62. The van der Waals surface area contributed by atoms with Gasteiger partial charge in [-0.05, 0) is 42.1 Å². The van der Waals surface area contributed by atoms with E-state index in [9.17, 15) is 0 Å². The summed E-state index contributed by atoms with van der Waals surface area (Å²) in [6, 6.07) is 16.1. The highest BCUT2D eigenvalue weighted by molar-refractivity contribution is 5.82. The van der Waals surface area contributed by atoms with Crippen molar-refractivity contribution in [1.82, 2.24) is 5.32 Å². The molecule has 1 saturated heterocycles. The van der Waals surface area contributed by atoms with Crippen LogP contribution >= 0.6 is 0 Å². The van der Waals surface area contributed by atoms with Gasteiger partial charge in [-0.1, -0.05) is 48.9 Å². The number of hydrogen-bond donors (Lipinski definition) is 1. The number of piperidine rings is 1. The Morgan fingerprint density at radius 1 is 1.00 bits per heavy atom. The molecule has 1 heterocycles. The Morgan fingerprint density at radius 3 is 2.71 bits per heavy atom. The summed E-state index contributed by atoms with van der Waals surface area (Å²) in [5, 5.41) is 6.32. The van der Waals surface area contributed by atoms with E-state index in [4.69, 9.17) is 0 Å². The standard InChI is InChI=1S/C16H19N/c1-2-6-15-11-13(8-9-14(15)5-1)12-16-7-3-4-10-17-16/h1-2,5-6,8-9,11,16-17H,3-4,7,10,12H2/t16-/m0/s1. The lowest BCUT2D eigenvalue weighted by Crippen LogP contribution is -2.35. The molecule has 0 radical (unpaired) electrons. The largest absolute Gasteiger partial charge is 0.314 e. The molecule has 17 heavy (non-hydrogen) atoms. The van der Waals surface area contributed by atoms with Gasteiger partial charge in [-0.15, -0.1) is 0 Å². The van der Waals surface area contributed by atoms with Gasteiger partial charge < -0.3 is 5.32 Å². The zero-order valence-electron chi connectivity index (χ0n) is 10.2. The molecule has 1 nitrogen and oxygen atoms in total. The van der Waals surface area contributed by atoms with Crippen molar-refractivity contribution in [3.8, 4) is 0 Å². The third kappa shape index (κ3) is 2.50. The summed E-state index contributed by atoms with van der Waals surface area (Å²) >= 11 is 0. The van der Waals surface area contributed by atoms with E-state index in [-0.39, 0.29) is 0 Å². The van der Waals surface area contributed by atoms with Crippen LogP contribution in [0.1, 0.15) is 24.8 Å². The van der Waals surface area contributed by atoms with Crippen LogP contribution in [0.15, 0.2) is 42.5 Å². The number of hydrogen-bond acceptors (Lipinski definition) is 1. The summed E-state index contributed by atoms with van der Waals surface area (Å²) in [6.45, 7) is 1.19. The molecule has 2 aromatic carbocycles. The highest BCUT2D eigenvalue weighted by Crippen LogP contribution is 2.18. The Labute approximate surface area is 103 Å². The van der Waals surface area contributed by atoms with Gasteiger partial charge >= 0.3 is 0 Å². The molecule has 1 atom stereocenters. The van der Waals surface area contributed by atoms with Gasteiger partial charge in [0.05, 0.1) is 0 Å². The number of benzene rings is 2. The molecule has 0 spiro atoms. The van der Waals surface area contributed by atoms with Crippen LogP contribution in [0.3, 0.4) is 0 Å². The van der Waals surface area contributed by atoms with Crippen molar-refractivity contribution in [2.45, 2.75) is 31.7 Å². The fraction of sp³-hybridized carbons (Fsp3) is 0.375. The maximum Gasteiger partial charge on any atom is 0.0107 e. The molecular formula is C16H19N.